The number of likely N-dealkylation sites (N-methyl/N-ethyl adjacent to an activating group) is 1. The highest BCUT2D eigenvalue weighted by molar-refractivity contribution is 5.47. The highest BCUT2D eigenvalue weighted by Gasteiger charge is 2.05. The molecule has 0 aromatic heterocycles. The van der Waals surface area contributed by atoms with Gasteiger partial charge >= 0.3 is 0 Å². The van der Waals surface area contributed by atoms with Gasteiger partial charge in [-0.05, 0) is 25.0 Å². The van der Waals surface area contributed by atoms with Gasteiger partial charge in [-0.3, -0.25) is 0 Å². The third-order valence-electron chi connectivity index (χ3n) is 1.92. The molecule has 1 nitrogen and oxygen atoms in total. The fourth-order valence-electron chi connectivity index (χ4n) is 1.31. The Bertz CT molecular complexity index is 279. The van der Waals surface area contributed by atoms with E-state index in [1.807, 2.05) is 7.05 Å². The Balaban J connectivity index is 2.90. The van der Waals surface area contributed by atoms with E-state index in [2.05, 4.69) is 37.6 Å². The molecule has 1 N–H and O–H groups in total. The van der Waals surface area contributed by atoms with Gasteiger partial charge in [0.15, 0.2) is 0 Å². The molecular formula is C11H15N. The van der Waals surface area contributed by atoms with Crippen LogP contribution in [0.2, 0.25) is 0 Å². The van der Waals surface area contributed by atoms with Gasteiger partial charge in [-0.25, -0.2) is 0 Å². The van der Waals surface area contributed by atoms with Gasteiger partial charge in [-0.2, -0.15) is 0 Å². The van der Waals surface area contributed by atoms with Crippen LogP contribution in [-0.2, 0) is 0 Å². The molecule has 0 atom stereocenters. The summed E-state index contributed by atoms with van der Waals surface area (Å²) >= 11 is 0. The summed E-state index contributed by atoms with van der Waals surface area (Å²) < 4.78 is 0. The summed E-state index contributed by atoms with van der Waals surface area (Å²) in [4.78, 5) is 0. The van der Waals surface area contributed by atoms with Gasteiger partial charge < -0.3 is 5.32 Å². The van der Waals surface area contributed by atoms with Crippen molar-refractivity contribution in [2.75, 3.05) is 7.05 Å². The zero-order valence-electron chi connectivity index (χ0n) is 7.78. The van der Waals surface area contributed by atoms with Gasteiger partial charge in [0.1, 0.15) is 0 Å². The van der Waals surface area contributed by atoms with E-state index in [4.69, 9.17) is 0 Å². The van der Waals surface area contributed by atoms with E-state index in [0.717, 1.165) is 23.3 Å². The Labute approximate surface area is 74.2 Å². The van der Waals surface area contributed by atoms with Crippen LogP contribution in [0.3, 0.4) is 0 Å². The van der Waals surface area contributed by atoms with Crippen LogP contribution in [0.4, 0.5) is 0 Å². The van der Waals surface area contributed by atoms with Crippen molar-refractivity contribution in [1.82, 2.24) is 5.32 Å². The number of rotatable bonds is 2. The first-order valence-electron chi connectivity index (χ1n) is 4.07. The molecule has 12 heavy (non-hydrogen) atoms. The van der Waals surface area contributed by atoms with Crippen molar-refractivity contribution in [3.8, 4) is 0 Å². The maximum absolute atomic E-state index is 3.95. The zero-order valence-corrected chi connectivity index (χ0v) is 7.78. The molecule has 0 aromatic carbocycles. The summed E-state index contributed by atoms with van der Waals surface area (Å²) in [6, 6.07) is 0. The first-order valence-corrected chi connectivity index (χ1v) is 4.07. The zero-order chi connectivity index (χ0) is 9.14. The first kappa shape index (κ1) is 8.85. The summed E-state index contributed by atoms with van der Waals surface area (Å²) in [6.07, 6.45) is 5.21. The number of hydrogen-bond acceptors (Lipinski definition) is 1. The molecule has 0 saturated heterocycles. The molecule has 0 saturated carbocycles. The average Bonchev–Trinajstić information content (AvgIpc) is 2.01. The monoisotopic (exact) mass is 161 g/mol. The van der Waals surface area contributed by atoms with Crippen molar-refractivity contribution in [1.29, 1.82) is 0 Å². The number of hydrogen-bond donors (Lipinski definition) is 1. The molecule has 1 heteroatoms. The van der Waals surface area contributed by atoms with Crippen LogP contribution in [0, 0.1) is 0 Å². The maximum Gasteiger partial charge on any atom is 0.0338 e. The number of nitrogens with one attached hydrogen (secondary N) is 1. The lowest BCUT2D eigenvalue weighted by atomic mass is 9.96. The average molecular weight is 161 g/mol. The predicted octanol–water partition coefficient (Wildman–Crippen LogP) is 2.55. The van der Waals surface area contributed by atoms with Gasteiger partial charge in [0, 0.05) is 12.7 Å². The lowest BCUT2D eigenvalue weighted by Gasteiger charge is -2.14. The molecule has 0 radical (unpaired) electrons. The van der Waals surface area contributed by atoms with Gasteiger partial charge in [-0.15, -0.1) is 0 Å². The van der Waals surface area contributed by atoms with E-state index in [1.54, 1.807) is 0 Å². The molecule has 0 heterocycles. The predicted molar refractivity (Wildman–Crippen MR) is 53.8 cm³/mol. The molecule has 0 amide bonds. The summed E-state index contributed by atoms with van der Waals surface area (Å²) in [5, 5.41) is 3.03. The largest absolute Gasteiger partial charge is 0.388 e. The Morgan fingerprint density at radius 3 is 2.67 bits per heavy atom. The molecule has 0 bridgehead atoms. The van der Waals surface area contributed by atoms with Crippen molar-refractivity contribution in [3.05, 3.63) is 47.7 Å². The molecule has 64 valence electrons. The van der Waals surface area contributed by atoms with Crippen LogP contribution in [0.5, 0.6) is 0 Å². The molecule has 0 fully saturated rings. The second-order valence-electron chi connectivity index (χ2n) is 3.15. The van der Waals surface area contributed by atoms with E-state index in [9.17, 15) is 0 Å². The normalized spacial score (nSPS) is 16.7. The molecular weight excluding hydrogens is 146 g/mol. The lowest BCUT2D eigenvalue weighted by molar-refractivity contribution is 1.00. The summed E-state index contributed by atoms with van der Waals surface area (Å²) in [5.41, 5.74) is 4.59. The topological polar surface area (TPSA) is 12.0 Å². The van der Waals surface area contributed by atoms with Gasteiger partial charge in [-0.1, -0.05) is 30.4 Å². The molecule has 0 aromatic rings. The molecule has 0 spiro atoms. The van der Waals surface area contributed by atoms with Crippen LogP contribution in [0.15, 0.2) is 47.7 Å². The minimum Gasteiger partial charge on any atom is -0.388 e. The van der Waals surface area contributed by atoms with E-state index in [1.165, 1.54) is 5.57 Å². The second-order valence-corrected chi connectivity index (χ2v) is 3.15. The molecule has 1 rings (SSSR count). The van der Waals surface area contributed by atoms with Crippen LogP contribution in [0.1, 0.15) is 13.3 Å². The van der Waals surface area contributed by atoms with Crippen molar-refractivity contribution in [2.24, 2.45) is 0 Å². The van der Waals surface area contributed by atoms with Crippen molar-refractivity contribution < 1.29 is 0 Å². The smallest absolute Gasteiger partial charge is 0.0338 e. The third-order valence-corrected chi connectivity index (χ3v) is 1.92. The molecule has 1 aliphatic carbocycles. The molecule has 0 aliphatic heterocycles. The molecule has 0 unspecified atom stereocenters. The Morgan fingerprint density at radius 1 is 1.50 bits per heavy atom. The standard InChI is InChI=1S/C11H15N/c1-8-5-9(2)7-11(6-8)10(3)12-4/h6-7,12H,1,3,5H2,2,4H3. The SMILES string of the molecule is C=C1C=C(C(=C)NC)C=C(C)C1. The van der Waals surface area contributed by atoms with Crippen LogP contribution >= 0.6 is 0 Å². The summed E-state index contributed by atoms with van der Waals surface area (Å²) in [5.74, 6) is 0. The minimum absolute atomic E-state index is 0.954. The fraction of sp³-hybridized carbons (Fsp3) is 0.273. The van der Waals surface area contributed by atoms with Crippen LogP contribution in [0.25, 0.3) is 0 Å². The Hall–Kier alpha value is -1.24. The van der Waals surface area contributed by atoms with Crippen molar-refractivity contribution in [3.63, 3.8) is 0 Å². The summed E-state index contributed by atoms with van der Waals surface area (Å²) in [7, 11) is 1.88. The van der Waals surface area contributed by atoms with E-state index < -0.39 is 0 Å². The lowest BCUT2D eigenvalue weighted by Crippen LogP contribution is -2.07. The maximum atomic E-state index is 3.95. The van der Waals surface area contributed by atoms with Crippen LogP contribution in [-0.4, -0.2) is 7.05 Å². The quantitative estimate of drug-likeness (QED) is 0.656. The van der Waals surface area contributed by atoms with Crippen LogP contribution < -0.4 is 5.32 Å². The van der Waals surface area contributed by atoms with E-state index in [0.29, 0.717) is 0 Å². The van der Waals surface area contributed by atoms with Gasteiger partial charge in [0.2, 0.25) is 0 Å². The second kappa shape index (κ2) is 3.44. The van der Waals surface area contributed by atoms with E-state index in [-0.39, 0.29) is 0 Å². The van der Waals surface area contributed by atoms with Crippen molar-refractivity contribution >= 4 is 0 Å². The van der Waals surface area contributed by atoms with E-state index >= 15 is 0 Å². The third kappa shape index (κ3) is 1.88. The number of allylic oxidation sites excluding steroid dienone is 4. The minimum atomic E-state index is 0.954. The summed E-state index contributed by atoms with van der Waals surface area (Å²) in [6.45, 7) is 9.96. The van der Waals surface area contributed by atoms with Gasteiger partial charge in [0.05, 0.1) is 0 Å². The molecule has 1 aliphatic rings. The highest BCUT2D eigenvalue weighted by Crippen LogP contribution is 2.22. The van der Waals surface area contributed by atoms with Gasteiger partial charge in [0.25, 0.3) is 0 Å². The highest BCUT2D eigenvalue weighted by atomic mass is 14.8. The Kier molecular flexibility index (Phi) is 2.54. The first-order chi connectivity index (χ1) is 5.63. The fourth-order valence-corrected chi connectivity index (χ4v) is 1.31. The Morgan fingerprint density at radius 2 is 2.17 bits per heavy atom. The van der Waals surface area contributed by atoms with Crippen molar-refractivity contribution in [2.45, 2.75) is 13.3 Å².